The van der Waals surface area contributed by atoms with Crippen LogP contribution in [-0.4, -0.2) is 46.8 Å². The van der Waals surface area contributed by atoms with Gasteiger partial charge in [0.2, 0.25) is 11.8 Å². The van der Waals surface area contributed by atoms with E-state index in [1.807, 2.05) is 108 Å². The number of hydrogen-bond donors (Lipinski definition) is 3. The van der Waals surface area contributed by atoms with E-state index in [1.165, 1.54) is 0 Å². The van der Waals surface area contributed by atoms with Crippen molar-refractivity contribution >= 4 is 47.1 Å². The van der Waals surface area contributed by atoms with Crippen LogP contribution in [0.1, 0.15) is 186 Å². The molecule has 2 heterocycles. The molecule has 0 bridgehead atoms. The first-order valence-electron chi connectivity index (χ1n) is 27.0. The van der Waals surface area contributed by atoms with Crippen molar-refractivity contribution < 1.29 is 28.7 Å². The molecule has 2 aromatic carbocycles. The lowest BCUT2D eigenvalue weighted by molar-refractivity contribution is -0.164. The molecular formula is C63H90N4O6. The molecular weight excluding hydrogens is 909 g/mol. The van der Waals surface area contributed by atoms with Crippen molar-refractivity contribution in [2.24, 2.45) is 73.0 Å². The highest BCUT2D eigenvalue weighted by molar-refractivity contribution is 6.31. The van der Waals surface area contributed by atoms with E-state index in [9.17, 15) is 9.59 Å². The van der Waals surface area contributed by atoms with Gasteiger partial charge in [0.1, 0.15) is 35.0 Å². The first-order chi connectivity index (χ1) is 33.5. The minimum Gasteiger partial charge on any atom is -0.458 e. The number of amides is 2. The molecule has 1 aromatic heterocycles. The number of nitrogens with one attached hydrogen (secondary N) is 3. The van der Waals surface area contributed by atoms with Gasteiger partial charge in [0.25, 0.3) is 0 Å². The lowest BCUT2D eigenvalue weighted by atomic mass is 9.59. The van der Waals surface area contributed by atoms with E-state index in [0.717, 1.165) is 25.7 Å². The molecule has 6 rings (SSSR count). The van der Waals surface area contributed by atoms with Crippen LogP contribution >= 0.6 is 0 Å². The zero-order chi connectivity index (χ0) is 54.6. The summed E-state index contributed by atoms with van der Waals surface area (Å²) in [5, 5.41) is 6.18. The van der Waals surface area contributed by atoms with Crippen molar-refractivity contribution in [3.8, 4) is 11.1 Å². The zero-order valence-corrected chi connectivity index (χ0v) is 48.2. The van der Waals surface area contributed by atoms with Gasteiger partial charge in [0.05, 0.1) is 11.4 Å². The van der Waals surface area contributed by atoms with Crippen molar-refractivity contribution in [2.45, 2.75) is 176 Å². The van der Waals surface area contributed by atoms with Gasteiger partial charge in [-0.1, -0.05) is 199 Å². The topological polar surface area (TPSA) is 139 Å². The van der Waals surface area contributed by atoms with Gasteiger partial charge in [-0.05, 0) is 76.4 Å². The Kier molecular flexibility index (Phi) is 16.3. The number of benzene rings is 2. The Labute approximate surface area is 438 Å². The van der Waals surface area contributed by atoms with Crippen molar-refractivity contribution in [1.29, 1.82) is 0 Å². The summed E-state index contributed by atoms with van der Waals surface area (Å²) in [6, 6.07) is 19.2. The number of aliphatic imine (C=N–C) groups is 1. The highest BCUT2D eigenvalue weighted by Gasteiger charge is 2.51. The number of ether oxygens (including phenoxy) is 2. The monoisotopic (exact) mass is 999 g/mol. The predicted molar refractivity (Wildman–Crippen MR) is 298 cm³/mol. The van der Waals surface area contributed by atoms with Crippen molar-refractivity contribution in [3.63, 3.8) is 0 Å². The number of anilines is 1. The maximum Gasteiger partial charge on any atom is 0.342 e. The summed E-state index contributed by atoms with van der Waals surface area (Å²) in [7, 11) is 0. The minimum atomic E-state index is -0.838. The number of carbonyl (C=O) groups is 4. The Hall–Kier alpha value is -5.25. The van der Waals surface area contributed by atoms with Crippen LogP contribution in [0, 0.1) is 68.0 Å². The quantitative estimate of drug-likeness (QED) is 0.192. The Morgan fingerprint density at radius 3 is 1.33 bits per heavy atom. The van der Waals surface area contributed by atoms with E-state index in [1.54, 1.807) is 0 Å². The van der Waals surface area contributed by atoms with Crippen molar-refractivity contribution in [3.05, 3.63) is 88.8 Å². The molecule has 3 N–H and O–H groups in total. The number of aromatic amines is 1. The van der Waals surface area contributed by atoms with E-state index in [2.05, 4.69) is 113 Å². The molecule has 3 aliphatic rings. The molecule has 2 aliphatic carbocycles. The molecule has 4 atom stereocenters. The Balaban J connectivity index is 1.65. The summed E-state index contributed by atoms with van der Waals surface area (Å²) in [4.78, 5) is 68.0. The lowest BCUT2D eigenvalue weighted by Gasteiger charge is -2.50. The van der Waals surface area contributed by atoms with Crippen LogP contribution in [0.2, 0.25) is 0 Å². The summed E-state index contributed by atoms with van der Waals surface area (Å²) in [5.41, 5.74) is 1.15. The number of nitrogens with zero attached hydrogens (tertiary/aromatic N) is 1. The van der Waals surface area contributed by atoms with Crippen LogP contribution in [-0.2, 0) is 23.9 Å². The average molecular weight is 999 g/mol. The number of hydrogen-bond acceptors (Lipinski definition) is 7. The maximum atomic E-state index is 15.6. The molecule has 2 amide bonds. The van der Waals surface area contributed by atoms with Gasteiger partial charge >= 0.3 is 11.9 Å². The zero-order valence-electron chi connectivity index (χ0n) is 48.2. The molecule has 4 unspecified atom stereocenters. The van der Waals surface area contributed by atoms with E-state index in [4.69, 9.17) is 14.5 Å². The molecule has 10 heteroatoms. The molecule has 0 radical (unpaired) electrons. The predicted octanol–water partition coefficient (Wildman–Crippen LogP) is 15.0. The largest absolute Gasteiger partial charge is 0.458 e. The van der Waals surface area contributed by atoms with E-state index in [-0.39, 0.29) is 79.9 Å². The van der Waals surface area contributed by atoms with Crippen LogP contribution in [0.4, 0.5) is 5.82 Å². The van der Waals surface area contributed by atoms with Gasteiger partial charge in [-0.15, -0.1) is 0 Å². The second kappa shape index (κ2) is 20.8. The molecule has 3 aromatic rings. The van der Waals surface area contributed by atoms with Crippen LogP contribution in [0.3, 0.4) is 0 Å². The van der Waals surface area contributed by atoms with Crippen LogP contribution in [0.25, 0.3) is 22.8 Å². The van der Waals surface area contributed by atoms with Gasteiger partial charge in [0.15, 0.2) is 0 Å². The first-order valence-corrected chi connectivity index (χ1v) is 27.0. The summed E-state index contributed by atoms with van der Waals surface area (Å²) in [6.45, 7) is 42.2. The van der Waals surface area contributed by atoms with Crippen molar-refractivity contribution in [2.75, 3.05) is 5.32 Å². The number of aromatic nitrogens is 1. The maximum absolute atomic E-state index is 15.6. The van der Waals surface area contributed by atoms with Gasteiger partial charge in [-0.25, -0.2) is 14.6 Å². The van der Waals surface area contributed by atoms with Gasteiger partial charge in [-0.3, -0.25) is 9.59 Å². The third-order valence-corrected chi connectivity index (χ3v) is 15.8. The summed E-state index contributed by atoms with van der Waals surface area (Å²) in [6.07, 6.45) is 4.63. The standard InChI is InChI=1S/C63H90N4O6/c1-36-31-40(58(3,4)5)50(41(32-36)59(6,7)8)72-54(68)48-46(38-27-23-21-24-28-38)44(64-52(48)66-56(70)62(15,16)17)35-45-47(39-29-25-22-26-30-39)49(53(65-45)67-57(71)63(18,19)20)55(69)73-51-42(60(9,10)11)33-37(2)34-43(51)61(12,13)14/h21-30,35-37,40-43,50-51,64H,31-34H2,1-20H3,(H,66,70)(H,65,67,71)/b45-35-. The lowest BCUT2D eigenvalue weighted by Crippen LogP contribution is -2.50. The SMILES string of the molecule is CC1CC(C(C)(C)C)C(OC(=O)C2=C(c3ccccc3)/C(=C/c3[nH]c(NC(=O)C(C)(C)C)c(C(=O)OC4C(C(C)(C)C)CC(C)CC4C(C)(C)C)c3-c3ccccc3)N=C2NC(=O)C(C)(C)C)C(C(C)(C)C)C1. The third kappa shape index (κ3) is 13.0. The smallest absolute Gasteiger partial charge is 0.342 e. The first kappa shape index (κ1) is 57.0. The second-order valence-electron chi connectivity index (χ2n) is 28.3. The fourth-order valence-electron chi connectivity index (χ4n) is 11.4. The summed E-state index contributed by atoms with van der Waals surface area (Å²) < 4.78 is 13.9. The number of amidine groups is 1. The molecule has 10 nitrogen and oxygen atoms in total. The fraction of sp³-hybridized carbons (Fsp3) is 0.603. The molecule has 398 valence electrons. The molecule has 73 heavy (non-hydrogen) atoms. The molecule has 0 saturated heterocycles. The van der Waals surface area contributed by atoms with Crippen LogP contribution in [0.15, 0.2) is 76.9 Å². The number of allylic oxidation sites excluding steroid dienone is 1. The number of carbonyl (C=O) groups excluding carboxylic acids is 4. The average Bonchev–Trinajstić information content (AvgIpc) is 3.80. The van der Waals surface area contributed by atoms with Gasteiger partial charge in [0, 0.05) is 45.6 Å². The molecule has 1 aliphatic heterocycles. The van der Waals surface area contributed by atoms with Crippen LogP contribution < -0.4 is 10.6 Å². The Morgan fingerprint density at radius 2 is 0.932 bits per heavy atom. The number of H-pyrrole nitrogens is 1. The summed E-state index contributed by atoms with van der Waals surface area (Å²) >= 11 is 0. The van der Waals surface area contributed by atoms with E-state index >= 15 is 9.59 Å². The highest BCUT2D eigenvalue weighted by Crippen LogP contribution is 2.52. The number of esters is 2. The third-order valence-electron chi connectivity index (χ3n) is 15.8. The van der Waals surface area contributed by atoms with Gasteiger partial charge in [-0.2, -0.15) is 0 Å². The van der Waals surface area contributed by atoms with Crippen LogP contribution in [0.5, 0.6) is 0 Å². The summed E-state index contributed by atoms with van der Waals surface area (Å²) in [5.74, 6) is -0.311. The minimum absolute atomic E-state index is 0.0628. The van der Waals surface area contributed by atoms with Crippen molar-refractivity contribution in [1.82, 2.24) is 10.3 Å². The second-order valence-corrected chi connectivity index (χ2v) is 28.3. The Morgan fingerprint density at radius 1 is 0.548 bits per heavy atom. The van der Waals surface area contributed by atoms with E-state index < -0.39 is 35.0 Å². The fourth-order valence-corrected chi connectivity index (χ4v) is 11.4. The Bertz CT molecular complexity index is 2560. The molecule has 2 fully saturated rings. The van der Waals surface area contributed by atoms with E-state index in [0.29, 0.717) is 45.5 Å². The molecule has 2 saturated carbocycles. The van der Waals surface area contributed by atoms with Gasteiger partial charge < -0.3 is 25.1 Å². The number of rotatable bonds is 8. The normalized spacial score (nSPS) is 25.0. The molecule has 0 spiro atoms. The highest BCUT2D eigenvalue weighted by atomic mass is 16.5.